The van der Waals surface area contributed by atoms with Gasteiger partial charge < -0.3 is 14.2 Å². The number of hydrogen-bond donors (Lipinski definition) is 0. The first-order valence-corrected chi connectivity index (χ1v) is 6.38. The summed E-state index contributed by atoms with van der Waals surface area (Å²) in [7, 11) is 1.47. The van der Waals surface area contributed by atoms with E-state index in [1.165, 1.54) is 7.11 Å². The molecule has 1 aliphatic heterocycles. The molecule has 1 aliphatic rings. The number of carbonyl (C=O) groups excluding carboxylic acids is 1. The van der Waals surface area contributed by atoms with Crippen molar-refractivity contribution in [3.05, 3.63) is 12.3 Å². The lowest BCUT2D eigenvalue weighted by Crippen LogP contribution is -2.44. The van der Waals surface area contributed by atoms with Crippen LogP contribution in [0.3, 0.4) is 0 Å². The second kappa shape index (κ2) is 5.90. The zero-order valence-electron chi connectivity index (χ0n) is 12.2. The van der Waals surface area contributed by atoms with Crippen LogP contribution in [0.25, 0.3) is 0 Å². The third-order valence-electron chi connectivity index (χ3n) is 3.31. The number of allylic oxidation sites excluding steroid dienone is 1. The van der Waals surface area contributed by atoms with Gasteiger partial charge in [0.25, 0.3) is 0 Å². The van der Waals surface area contributed by atoms with Crippen LogP contribution in [0.15, 0.2) is 12.3 Å². The van der Waals surface area contributed by atoms with Gasteiger partial charge in [0.1, 0.15) is 12.4 Å². The van der Waals surface area contributed by atoms with Gasteiger partial charge in [0, 0.05) is 13.0 Å². The zero-order valence-corrected chi connectivity index (χ0v) is 12.2. The highest BCUT2D eigenvalue weighted by Gasteiger charge is 2.42. The number of halogens is 1. The Morgan fingerprint density at radius 3 is 2.53 bits per heavy atom. The summed E-state index contributed by atoms with van der Waals surface area (Å²) in [6.45, 7) is 10.6. The van der Waals surface area contributed by atoms with Crippen LogP contribution < -0.4 is 0 Å². The Morgan fingerprint density at radius 2 is 2.05 bits per heavy atom. The van der Waals surface area contributed by atoms with Gasteiger partial charge in [0.05, 0.1) is 11.3 Å². The molecule has 0 radical (unpaired) electrons. The van der Waals surface area contributed by atoms with Crippen molar-refractivity contribution in [2.24, 2.45) is 17.3 Å². The Morgan fingerprint density at radius 1 is 1.47 bits per heavy atom. The van der Waals surface area contributed by atoms with Crippen LogP contribution in [0, 0.1) is 17.3 Å². The summed E-state index contributed by atoms with van der Waals surface area (Å²) in [5.74, 6) is -0.983. The van der Waals surface area contributed by atoms with Gasteiger partial charge in [0.15, 0.2) is 6.17 Å². The lowest BCUT2D eigenvalue weighted by Gasteiger charge is -2.38. The maximum Gasteiger partial charge on any atom is 0.311 e. The molecular formula is C14H23FO4. The molecule has 1 heterocycles. The second-order valence-electron chi connectivity index (χ2n) is 5.96. The summed E-state index contributed by atoms with van der Waals surface area (Å²) in [6.07, 6.45) is -1.91. The minimum atomic E-state index is -1.27. The molecule has 0 aliphatic carbocycles. The van der Waals surface area contributed by atoms with Crippen LogP contribution in [0.1, 0.15) is 27.7 Å². The van der Waals surface area contributed by atoms with Crippen LogP contribution in [0.2, 0.25) is 0 Å². The van der Waals surface area contributed by atoms with Gasteiger partial charge in [-0.05, 0) is 20.8 Å². The first-order chi connectivity index (χ1) is 8.68. The molecule has 1 saturated heterocycles. The fraction of sp³-hybridized carbons (Fsp3) is 0.786. The number of alkyl halides is 1. The fourth-order valence-corrected chi connectivity index (χ4v) is 1.90. The van der Waals surface area contributed by atoms with Crippen LogP contribution in [-0.2, 0) is 19.0 Å². The first-order valence-electron chi connectivity index (χ1n) is 6.38. The van der Waals surface area contributed by atoms with E-state index in [0.29, 0.717) is 0 Å². The van der Waals surface area contributed by atoms with Gasteiger partial charge >= 0.3 is 5.97 Å². The predicted molar refractivity (Wildman–Crippen MR) is 69.0 cm³/mol. The molecule has 1 fully saturated rings. The number of carbonyl (C=O) groups is 1. The molecule has 0 aromatic carbocycles. The molecule has 0 saturated carbocycles. The highest BCUT2D eigenvalue weighted by atomic mass is 19.1. The summed E-state index contributed by atoms with van der Waals surface area (Å²) < 4.78 is 29.5. The minimum absolute atomic E-state index is 0.0674. The average Bonchev–Trinajstić information content (AvgIpc) is 2.32. The topological polar surface area (TPSA) is 44.8 Å². The Labute approximate surface area is 113 Å². The van der Waals surface area contributed by atoms with Gasteiger partial charge in [-0.15, -0.1) is 0 Å². The number of hydrogen-bond acceptors (Lipinski definition) is 4. The smallest absolute Gasteiger partial charge is 0.311 e. The maximum absolute atomic E-state index is 13.9. The fourth-order valence-electron chi connectivity index (χ4n) is 1.90. The largest absolute Gasteiger partial charge is 0.466 e. The Balaban J connectivity index is 2.68. The van der Waals surface area contributed by atoms with Crippen molar-refractivity contribution in [3.63, 3.8) is 0 Å². The molecule has 19 heavy (non-hydrogen) atoms. The summed E-state index contributed by atoms with van der Waals surface area (Å²) >= 11 is 0. The second-order valence-corrected chi connectivity index (χ2v) is 5.96. The van der Waals surface area contributed by atoms with E-state index in [0.717, 1.165) is 0 Å². The molecule has 5 heteroatoms. The molecule has 1 rings (SSSR count). The average molecular weight is 274 g/mol. The van der Waals surface area contributed by atoms with Crippen LogP contribution >= 0.6 is 0 Å². The molecule has 0 amide bonds. The van der Waals surface area contributed by atoms with E-state index >= 15 is 0 Å². The molecule has 4 atom stereocenters. The summed E-state index contributed by atoms with van der Waals surface area (Å²) in [4.78, 5) is 11.7. The molecule has 0 unspecified atom stereocenters. The van der Waals surface area contributed by atoms with Crippen molar-refractivity contribution in [2.75, 3.05) is 13.7 Å². The highest BCUT2D eigenvalue weighted by molar-refractivity contribution is 5.75. The Kier molecular flexibility index (Phi) is 4.96. The van der Waals surface area contributed by atoms with E-state index in [2.05, 4.69) is 6.58 Å². The van der Waals surface area contributed by atoms with Gasteiger partial charge in [-0.3, -0.25) is 4.79 Å². The van der Waals surface area contributed by atoms with Crippen LogP contribution in [-0.4, -0.2) is 32.1 Å². The van der Waals surface area contributed by atoms with Gasteiger partial charge in [-0.1, -0.05) is 13.5 Å². The summed E-state index contributed by atoms with van der Waals surface area (Å²) in [5.41, 5.74) is -0.583. The van der Waals surface area contributed by atoms with Gasteiger partial charge in [-0.2, -0.15) is 0 Å². The molecule has 0 bridgehead atoms. The molecule has 110 valence electrons. The highest BCUT2D eigenvalue weighted by Crippen LogP contribution is 2.35. The van der Waals surface area contributed by atoms with Crippen molar-refractivity contribution in [2.45, 2.75) is 40.2 Å². The third kappa shape index (κ3) is 3.69. The molecule has 4 nitrogen and oxygen atoms in total. The van der Waals surface area contributed by atoms with E-state index in [4.69, 9.17) is 14.2 Å². The van der Waals surface area contributed by atoms with Gasteiger partial charge in [-0.25, -0.2) is 4.39 Å². The minimum Gasteiger partial charge on any atom is -0.466 e. The summed E-state index contributed by atoms with van der Waals surface area (Å²) in [6, 6.07) is 0. The molecule has 0 spiro atoms. The molecule has 0 aromatic heterocycles. The number of esters is 1. The van der Waals surface area contributed by atoms with E-state index in [1.807, 2.05) is 0 Å². The predicted octanol–water partition coefficient (Wildman–Crippen LogP) is 2.68. The SMILES string of the molecule is C=C1O[C@H](OC)[C@H](COC(=O)C(C)(C)C)[C@@H](C)[C@H]1F. The number of rotatable bonds is 3. The van der Waals surface area contributed by atoms with Crippen LogP contribution in [0.5, 0.6) is 0 Å². The third-order valence-corrected chi connectivity index (χ3v) is 3.31. The maximum atomic E-state index is 13.9. The van der Waals surface area contributed by atoms with Crippen molar-refractivity contribution in [1.82, 2.24) is 0 Å². The Bertz CT molecular complexity index is 346. The Hall–Kier alpha value is -1.10. The summed E-state index contributed by atoms with van der Waals surface area (Å²) in [5, 5.41) is 0. The lowest BCUT2D eigenvalue weighted by molar-refractivity contribution is -0.197. The van der Waals surface area contributed by atoms with Crippen molar-refractivity contribution >= 4 is 5.97 Å². The van der Waals surface area contributed by atoms with Crippen LogP contribution in [0.4, 0.5) is 4.39 Å². The molecule has 0 N–H and O–H groups in total. The van der Waals surface area contributed by atoms with Crippen molar-refractivity contribution < 1.29 is 23.4 Å². The van der Waals surface area contributed by atoms with Gasteiger partial charge in [0.2, 0.25) is 6.29 Å². The zero-order chi connectivity index (χ0) is 14.8. The van der Waals surface area contributed by atoms with Crippen molar-refractivity contribution in [1.29, 1.82) is 0 Å². The molecule has 0 aromatic rings. The van der Waals surface area contributed by atoms with Crippen molar-refractivity contribution in [3.8, 4) is 0 Å². The number of methoxy groups -OCH3 is 1. The van der Waals surface area contributed by atoms with E-state index < -0.39 is 17.9 Å². The van der Waals surface area contributed by atoms with E-state index in [1.54, 1.807) is 27.7 Å². The van der Waals surface area contributed by atoms with E-state index in [-0.39, 0.29) is 30.2 Å². The number of ether oxygens (including phenoxy) is 3. The first kappa shape index (κ1) is 16.0. The lowest BCUT2D eigenvalue weighted by atomic mass is 9.86. The quantitative estimate of drug-likeness (QED) is 0.742. The normalized spacial score (nSPS) is 31.8. The van der Waals surface area contributed by atoms with E-state index in [9.17, 15) is 9.18 Å². The standard InChI is InChI=1S/C14H23FO4/c1-8-10(7-18-13(16)14(3,4)5)12(17-6)19-9(2)11(8)15/h8,10-12H,2,7H2,1,3-6H3/t8-,10-,11-,12+/m1/s1. The monoisotopic (exact) mass is 274 g/mol. The molecular weight excluding hydrogens is 251 g/mol.